The Morgan fingerprint density at radius 1 is 1.05 bits per heavy atom. The maximum Gasteiger partial charge on any atom is 0.341 e. The highest BCUT2D eigenvalue weighted by Gasteiger charge is 2.28. The summed E-state index contributed by atoms with van der Waals surface area (Å²) in [5.41, 5.74) is 2.30. The van der Waals surface area contributed by atoms with Crippen molar-refractivity contribution in [2.24, 2.45) is 0 Å². The molecule has 1 aromatic heterocycles. The van der Waals surface area contributed by atoms with E-state index in [4.69, 9.17) is 14.2 Å². The van der Waals surface area contributed by atoms with Gasteiger partial charge >= 0.3 is 5.97 Å². The van der Waals surface area contributed by atoms with E-state index < -0.39 is 21.9 Å². The molecule has 0 atom stereocenters. The van der Waals surface area contributed by atoms with Crippen molar-refractivity contribution in [3.63, 3.8) is 0 Å². The van der Waals surface area contributed by atoms with Crippen LogP contribution in [0.5, 0.6) is 11.5 Å². The van der Waals surface area contributed by atoms with Crippen molar-refractivity contribution in [2.75, 3.05) is 31.8 Å². The number of ether oxygens (including phenoxy) is 3. The smallest absolute Gasteiger partial charge is 0.341 e. The van der Waals surface area contributed by atoms with Gasteiger partial charge in [0.1, 0.15) is 5.00 Å². The van der Waals surface area contributed by atoms with Crippen molar-refractivity contribution in [2.45, 2.75) is 38.0 Å². The summed E-state index contributed by atoms with van der Waals surface area (Å²) in [6.07, 6.45) is 2.22. The van der Waals surface area contributed by atoms with Gasteiger partial charge in [0.25, 0.3) is 5.91 Å². The molecule has 2 aliphatic rings. The lowest BCUT2D eigenvalue weighted by molar-refractivity contribution is 0.0527. The number of fused-ring (bicyclic) bond motifs is 1. The van der Waals surface area contributed by atoms with Gasteiger partial charge in [-0.3, -0.25) is 4.79 Å². The molecule has 1 N–H and O–H groups in total. The number of benzene rings is 2. The zero-order valence-electron chi connectivity index (χ0n) is 21.1. The lowest BCUT2D eigenvalue weighted by Crippen LogP contribution is -2.27. The van der Waals surface area contributed by atoms with Gasteiger partial charge in [-0.05, 0) is 74.2 Å². The number of esters is 1. The Labute approximate surface area is 225 Å². The van der Waals surface area contributed by atoms with Crippen LogP contribution in [0, 0.1) is 6.92 Å². The minimum Gasteiger partial charge on any atom is -0.462 e. The third-order valence-electron chi connectivity index (χ3n) is 6.57. The number of nitrogens with one attached hydrogen (secondary N) is 1. The van der Waals surface area contributed by atoms with Crippen molar-refractivity contribution in [1.29, 1.82) is 0 Å². The molecule has 3 aromatic rings. The first kappa shape index (κ1) is 26.2. The number of sulfonamides is 1. The van der Waals surface area contributed by atoms with E-state index in [2.05, 4.69) is 5.32 Å². The highest BCUT2D eigenvalue weighted by molar-refractivity contribution is 7.89. The third-order valence-corrected chi connectivity index (χ3v) is 9.69. The molecule has 2 aromatic carbocycles. The van der Waals surface area contributed by atoms with Gasteiger partial charge in [0.2, 0.25) is 16.8 Å². The lowest BCUT2D eigenvalue weighted by Gasteiger charge is -2.15. The van der Waals surface area contributed by atoms with E-state index in [1.165, 1.54) is 39.9 Å². The Bertz CT molecular complexity index is 1470. The third kappa shape index (κ3) is 5.13. The molecule has 0 spiro atoms. The molecule has 5 rings (SSSR count). The molecule has 200 valence electrons. The Balaban J connectivity index is 1.38. The summed E-state index contributed by atoms with van der Waals surface area (Å²) in [5.74, 6) is 0.402. The van der Waals surface area contributed by atoms with Crippen molar-refractivity contribution in [3.8, 4) is 11.5 Å². The van der Waals surface area contributed by atoms with Gasteiger partial charge in [0.15, 0.2) is 11.5 Å². The van der Waals surface area contributed by atoms with E-state index in [0.717, 1.165) is 28.8 Å². The SMILES string of the molecule is CCOC(=O)c1c(NC(=O)c2ccc(S(=O)(=O)N3CCCC3)cc2)sc(Cc2ccc3c(c2)OCO3)c1C. The van der Waals surface area contributed by atoms with E-state index in [0.29, 0.717) is 41.6 Å². The molecular formula is C27H28N2O7S2. The molecule has 0 saturated carbocycles. The quantitative estimate of drug-likeness (QED) is 0.404. The van der Waals surface area contributed by atoms with Gasteiger partial charge in [-0.15, -0.1) is 11.3 Å². The molecule has 0 aliphatic carbocycles. The molecule has 38 heavy (non-hydrogen) atoms. The van der Waals surface area contributed by atoms with Crippen molar-refractivity contribution < 1.29 is 32.2 Å². The summed E-state index contributed by atoms with van der Waals surface area (Å²) >= 11 is 1.31. The molecule has 1 saturated heterocycles. The second kappa shape index (κ2) is 10.8. The monoisotopic (exact) mass is 556 g/mol. The highest BCUT2D eigenvalue weighted by Crippen LogP contribution is 2.38. The summed E-state index contributed by atoms with van der Waals surface area (Å²) in [6, 6.07) is 11.5. The van der Waals surface area contributed by atoms with Crippen LogP contribution in [-0.2, 0) is 21.2 Å². The van der Waals surface area contributed by atoms with Crippen LogP contribution in [0.15, 0.2) is 47.4 Å². The lowest BCUT2D eigenvalue weighted by atomic mass is 10.1. The van der Waals surface area contributed by atoms with E-state index >= 15 is 0 Å². The Hall–Kier alpha value is -3.41. The van der Waals surface area contributed by atoms with E-state index in [1.807, 2.05) is 25.1 Å². The molecular weight excluding hydrogens is 528 g/mol. The van der Waals surface area contributed by atoms with Crippen LogP contribution in [0.2, 0.25) is 0 Å². The Kier molecular flexibility index (Phi) is 7.42. The number of carbonyl (C=O) groups is 2. The fourth-order valence-corrected chi connectivity index (χ4v) is 7.27. The molecule has 1 fully saturated rings. The molecule has 3 heterocycles. The van der Waals surface area contributed by atoms with Gasteiger partial charge in [-0.25, -0.2) is 13.2 Å². The number of rotatable bonds is 8. The van der Waals surface area contributed by atoms with Gasteiger partial charge in [-0.1, -0.05) is 6.07 Å². The Morgan fingerprint density at radius 3 is 2.47 bits per heavy atom. The topological polar surface area (TPSA) is 111 Å². The fourth-order valence-electron chi connectivity index (χ4n) is 4.53. The number of hydrogen-bond acceptors (Lipinski definition) is 8. The number of amides is 1. The van der Waals surface area contributed by atoms with Gasteiger partial charge in [0.05, 0.1) is 17.1 Å². The normalized spacial score (nSPS) is 15.0. The van der Waals surface area contributed by atoms with E-state index in [-0.39, 0.29) is 23.9 Å². The van der Waals surface area contributed by atoms with E-state index in [1.54, 1.807) is 6.92 Å². The number of thiophene rings is 1. The summed E-state index contributed by atoms with van der Waals surface area (Å²) in [4.78, 5) is 27.0. The first-order valence-electron chi connectivity index (χ1n) is 12.4. The van der Waals surface area contributed by atoms with Gasteiger partial charge in [-0.2, -0.15) is 4.31 Å². The first-order chi connectivity index (χ1) is 18.3. The standard InChI is InChI=1S/C27H28N2O7S2/c1-3-34-27(31)24-17(2)23(15-18-6-11-21-22(14-18)36-16-35-21)37-26(24)28-25(30)19-7-9-20(10-8-19)38(32,33)29-12-4-5-13-29/h6-11,14H,3-5,12-13,15-16H2,1-2H3,(H,28,30). The fraction of sp³-hybridized carbons (Fsp3) is 0.333. The largest absolute Gasteiger partial charge is 0.462 e. The zero-order valence-corrected chi connectivity index (χ0v) is 22.7. The number of hydrogen-bond donors (Lipinski definition) is 1. The van der Waals surface area contributed by atoms with Crippen LogP contribution < -0.4 is 14.8 Å². The highest BCUT2D eigenvalue weighted by atomic mass is 32.2. The molecule has 11 heteroatoms. The number of anilines is 1. The summed E-state index contributed by atoms with van der Waals surface area (Å²) in [5, 5.41) is 3.23. The summed E-state index contributed by atoms with van der Waals surface area (Å²) < 4.78 is 43.2. The van der Waals surface area contributed by atoms with Crippen LogP contribution in [0.25, 0.3) is 0 Å². The van der Waals surface area contributed by atoms with Crippen molar-refractivity contribution >= 4 is 38.2 Å². The van der Waals surface area contributed by atoms with Crippen molar-refractivity contribution in [1.82, 2.24) is 4.31 Å². The average Bonchev–Trinajstić information content (AvgIpc) is 3.66. The maximum absolute atomic E-state index is 13.1. The molecule has 0 unspecified atom stereocenters. The van der Waals surface area contributed by atoms with Gasteiger partial charge < -0.3 is 19.5 Å². The van der Waals surface area contributed by atoms with Crippen LogP contribution in [0.3, 0.4) is 0 Å². The average molecular weight is 557 g/mol. The Morgan fingerprint density at radius 2 is 1.76 bits per heavy atom. The van der Waals surface area contributed by atoms with Gasteiger partial charge in [0, 0.05) is 30.0 Å². The zero-order chi connectivity index (χ0) is 26.9. The first-order valence-corrected chi connectivity index (χ1v) is 14.6. The molecule has 0 bridgehead atoms. The predicted molar refractivity (Wildman–Crippen MR) is 143 cm³/mol. The molecule has 0 radical (unpaired) electrons. The maximum atomic E-state index is 13.1. The van der Waals surface area contributed by atoms with Crippen LogP contribution in [0.1, 0.15) is 56.5 Å². The predicted octanol–water partition coefficient (Wildman–Crippen LogP) is 4.59. The van der Waals surface area contributed by atoms with Crippen molar-refractivity contribution in [3.05, 3.63) is 69.6 Å². The van der Waals surface area contributed by atoms with Crippen LogP contribution in [0.4, 0.5) is 5.00 Å². The van der Waals surface area contributed by atoms with E-state index in [9.17, 15) is 18.0 Å². The van der Waals surface area contributed by atoms with Crippen LogP contribution in [-0.4, -0.2) is 51.1 Å². The number of nitrogens with zero attached hydrogens (tertiary/aromatic N) is 1. The number of carbonyl (C=O) groups excluding carboxylic acids is 2. The molecule has 9 nitrogen and oxygen atoms in total. The second-order valence-electron chi connectivity index (χ2n) is 9.03. The minimum absolute atomic E-state index is 0.154. The summed E-state index contributed by atoms with van der Waals surface area (Å²) in [7, 11) is -3.57. The molecule has 2 aliphatic heterocycles. The summed E-state index contributed by atoms with van der Waals surface area (Å²) in [6.45, 7) is 4.96. The molecule has 1 amide bonds. The second-order valence-corrected chi connectivity index (χ2v) is 12.1. The minimum atomic E-state index is -3.57. The van der Waals surface area contributed by atoms with Crippen LogP contribution >= 0.6 is 11.3 Å².